The van der Waals surface area contributed by atoms with Gasteiger partial charge in [-0.1, -0.05) is 70.9 Å². The van der Waals surface area contributed by atoms with E-state index in [0.717, 1.165) is 24.3 Å². The number of rotatable bonds is 11. The van der Waals surface area contributed by atoms with Crippen LogP contribution in [0, 0.1) is 5.92 Å². The molecule has 1 atom stereocenters. The molecule has 0 bridgehead atoms. The number of hydrogen-bond donors (Lipinski definition) is 0. The molecule has 1 unspecified atom stereocenters. The average molecular weight is 348 g/mol. The van der Waals surface area contributed by atoms with Gasteiger partial charge in [-0.25, -0.2) is 8.42 Å². The van der Waals surface area contributed by atoms with E-state index in [1.807, 2.05) is 0 Å². The van der Waals surface area contributed by atoms with Gasteiger partial charge >= 0.3 is 29.6 Å². The van der Waals surface area contributed by atoms with Crippen LogP contribution in [0.2, 0.25) is 0 Å². The number of benzene rings is 1. The van der Waals surface area contributed by atoms with E-state index < -0.39 is 10.1 Å². The molecule has 3 nitrogen and oxygen atoms in total. The maximum atomic E-state index is 10.9. The van der Waals surface area contributed by atoms with Crippen LogP contribution in [-0.4, -0.2) is 13.0 Å². The van der Waals surface area contributed by atoms with Crippen molar-refractivity contribution >= 4 is 10.1 Å². The van der Waals surface area contributed by atoms with Crippen LogP contribution in [0.15, 0.2) is 29.2 Å². The monoisotopic (exact) mass is 348 g/mol. The summed E-state index contributed by atoms with van der Waals surface area (Å²) in [6.07, 6.45) is 11.1. The van der Waals surface area contributed by atoms with Crippen molar-refractivity contribution in [2.45, 2.75) is 76.5 Å². The second-order valence-corrected chi connectivity index (χ2v) is 7.49. The summed E-state index contributed by atoms with van der Waals surface area (Å²) in [6.45, 7) is 4.53. The SMILES string of the molecule is CCCCC(CC)CCCCCc1ccc(S(=O)(=O)[O-])cc1.[Na+]. The summed E-state index contributed by atoms with van der Waals surface area (Å²) < 4.78 is 32.6. The van der Waals surface area contributed by atoms with E-state index in [9.17, 15) is 13.0 Å². The topological polar surface area (TPSA) is 57.2 Å². The molecule has 0 saturated carbocycles. The largest absolute Gasteiger partial charge is 1.00 e. The molecule has 0 fully saturated rings. The quantitative estimate of drug-likeness (QED) is 0.349. The first-order valence-electron chi connectivity index (χ1n) is 8.52. The van der Waals surface area contributed by atoms with Crippen LogP contribution in [0.3, 0.4) is 0 Å². The van der Waals surface area contributed by atoms with Gasteiger partial charge in [-0.05, 0) is 36.5 Å². The fourth-order valence-electron chi connectivity index (χ4n) is 2.81. The summed E-state index contributed by atoms with van der Waals surface area (Å²) in [5.41, 5.74) is 1.10. The maximum absolute atomic E-state index is 10.9. The Balaban J connectivity index is 0.00000484. The van der Waals surface area contributed by atoms with E-state index in [1.54, 1.807) is 12.1 Å². The zero-order valence-corrected chi connectivity index (χ0v) is 17.7. The fourth-order valence-corrected chi connectivity index (χ4v) is 3.28. The zero-order valence-electron chi connectivity index (χ0n) is 14.9. The van der Waals surface area contributed by atoms with Gasteiger partial charge < -0.3 is 4.55 Å². The molecule has 0 spiro atoms. The van der Waals surface area contributed by atoms with Gasteiger partial charge in [0, 0.05) is 0 Å². The van der Waals surface area contributed by atoms with E-state index in [4.69, 9.17) is 0 Å². The smallest absolute Gasteiger partial charge is 0.744 e. The Morgan fingerprint density at radius 3 is 2.09 bits per heavy atom. The molecule has 5 heteroatoms. The number of hydrogen-bond acceptors (Lipinski definition) is 3. The maximum Gasteiger partial charge on any atom is 1.00 e. The third-order valence-corrected chi connectivity index (χ3v) is 5.18. The number of unbranched alkanes of at least 4 members (excludes halogenated alkanes) is 3. The van der Waals surface area contributed by atoms with Crippen LogP contribution in [-0.2, 0) is 16.5 Å². The Morgan fingerprint density at radius 2 is 1.57 bits per heavy atom. The molecule has 0 aliphatic rings. The van der Waals surface area contributed by atoms with Gasteiger partial charge in [-0.15, -0.1) is 0 Å². The first kappa shape index (κ1) is 23.1. The van der Waals surface area contributed by atoms with Crippen molar-refractivity contribution < 1.29 is 42.5 Å². The minimum atomic E-state index is -4.32. The summed E-state index contributed by atoms with van der Waals surface area (Å²) in [5, 5.41) is 0. The Morgan fingerprint density at radius 1 is 0.957 bits per heavy atom. The molecular formula is C18H29NaO3S. The van der Waals surface area contributed by atoms with Crippen LogP contribution < -0.4 is 29.6 Å². The van der Waals surface area contributed by atoms with Crippen molar-refractivity contribution in [3.05, 3.63) is 29.8 Å². The Bertz CT molecular complexity index is 512. The first-order valence-corrected chi connectivity index (χ1v) is 9.93. The van der Waals surface area contributed by atoms with E-state index in [-0.39, 0.29) is 34.5 Å². The third kappa shape index (κ3) is 9.88. The molecule has 1 aromatic carbocycles. The van der Waals surface area contributed by atoms with E-state index in [2.05, 4.69) is 13.8 Å². The third-order valence-electron chi connectivity index (χ3n) is 4.33. The molecule has 126 valence electrons. The minimum absolute atomic E-state index is 0. The van der Waals surface area contributed by atoms with Crippen molar-refractivity contribution in [1.29, 1.82) is 0 Å². The molecule has 0 aromatic heterocycles. The van der Waals surface area contributed by atoms with Gasteiger partial charge in [-0.2, -0.15) is 0 Å². The van der Waals surface area contributed by atoms with Gasteiger partial charge in [0.15, 0.2) is 0 Å². The van der Waals surface area contributed by atoms with Gasteiger partial charge in [0.25, 0.3) is 0 Å². The molecule has 0 aliphatic carbocycles. The molecule has 0 N–H and O–H groups in total. The molecule has 0 radical (unpaired) electrons. The predicted molar refractivity (Wildman–Crippen MR) is 89.9 cm³/mol. The van der Waals surface area contributed by atoms with Crippen molar-refractivity contribution in [3.8, 4) is 0 Å². The summed E-state index contributed by atoms with van der Waals surface area (Å²) in [6, 6.07) is 6.33. The van der Waals surface area contributed by atoms with Crippen LogP contribution in [0.4, 0.5) is 0 Å². The molecular weight excluding hydrogens is 319 g/mol. The molecule has 0 amide bonds. The Kier molecular flexibility index (Phi) is 12.6. The second kappa shape index (κ2) is 12.5. The van der Waals surface area contributed by atoms with Crippen molar-refractivity contribution in [2.75, 3.05) is 0 Å². The van der Waals surface area contributed by atoms with E-state index >= 15 is 0 Å². The fraction of sp³-hybridized carbons (Fsp3) is 0.667. The summed E-state index contributed by atoms with van der Waals surface area (Å²) in [4.78, 5) is -0.141. The van der Waals surface area contributed by atoms with Crippen molar-refractivity contribution in [1.82, 2.24) is 0 Å². The molecule has 0 heterocycles. The van der Waals surface area contributed by atoms with Gasteiger partial charge in [0.2, 0.25) is 0 Å². The molecule has 1 rings (SSSR count). The van der Waals surface area contributed by atoms with Gasteiger partial charge in [-0.3, -0.25) is 0 Å². The van der Waals surface area contributed by atoms with Crippen molar-refractivity contribution in [3.63, 3.8) is 0 Å². The summed E-state index contributed by atoms with van der Waals surface area (Å²) in [5.74, 6) is 0.876. The van der Waals surface area contributed by atoms with Crippen LogP contribution in [0.25, 0.3) is 0 Å². The first-order chi connectivity index (χ1) is 10.5. The standard InChI is InChI=1S/C18H30O3S.Na/c1-3-5-9-16(4-2)10-7-6-8-11-17-12-14-18(15-13-17)22(19,20)21;/h12-16H,3-11H2,1-2H3,(H,19,20,21);/q;+1/p-1. The van der Waals surface area contributed by atoms with E-state index in [0.29, 0.717) is 0 Å². The zero-order chi connectivity index (χ0) is 16.4. The molecule has 23 heavy (non-hydrogen) atoms. The molecule has 0 saturated heterocycles. The Hall–Kier alpha value is 0.130. The average Bonchev–Trinajstić information content (AvgIpc) is 2.49. The van der Waals surface area contributed by atoms with Crippen LogP contribution >= 0.6 is 0 Å². The van der Waals surface area contributed by atoms with Gasteiger partial charge in [0.05, 0.1) is 4.90 Å². The van der Waals surface area contributed by atoms with Crippen LogP contribution in [0.1, 0.15) is 70.8 Å². The minimum Gasteiger partial charge on any atom is -0.744 e. The molecule has 1 aromatic rings. The predicted octanol–water partition coefficient (Wildman–Crippen LogP) is 1.91. The summed E-state index contributed by atoms with van der Waals surface area (Å²) >= 11 is 0. The molecule has 0 aliphatic heterocycles. The Labute approximate surface area is 164 Å². The van der Waals surface area contributed by atoms with E-state index in [1.165, 1.54) is 57.1 Å². The number of aryl methyl sites for hydroxylation is 1. The van der Waals surface area contributed by atoms with Gasteiger partial charge in [0.1, 0.15) is 10.1 Å². The summed E-state index contributed by atoms with van der Waals surface area (Å²) in [7, 11) is -4.32. The second-order valence-electron chi connectivity index (χ2n) is 6.11. The van der Waals surface area contributed by atoms with Crippen LogP contribution in [0.5, 0.6) is 0 Å². The normalized spacial score (nSPS) is 12.7. The van der Waals surface area contributed by atoms with Crippen molar-refractivity contribution in [2.24, 2.45) is 5.92 Å².